The van der Waals surface area contributed by atoms with Crippen LogP contribution >= 0.6 is 0 Å². The average Bonchev–Trinajstić information content (AvgIpc) is 1.82. The lowest BCUT2D eigenvalue weighted by atomic mass is 10.2. The highest BCUT2D eigenvalue weighted by Crippen LogP contribution is 2.26. The predicted octanol–water partition coefficient (Wildman–Crippen LogP) is 1.27. The van der Waals surface area contributed by atoms with Gasteiger partial charge in [-0.15, -0.1) is 0 Å². The lowest BCUT2D eigenvalue weighted by Crippen LogP contribution is -2.50. The van der Waals surface area contributed by atoms with Gasteiger partial charge >= 0.3 is 6.18 Å². The molecule has 0 aromatic heterocycles. The van der Waals surface area contributed by atoms with Gasteiger partial charge in [0.1, 0.15) is 0 Å². The van der Waals surface area contributed by atoms with Crippen molar-refractivity contribution in [1.82, 2.24) is 4.90 Å². The number of halogens is 3. The number of rotatable bonds is 0. The van der Waals surface area contributed by atoms with Crippen molar-refractivity contribution in [1.29, 1.82) is 0 Å². The lowest BCUT2D eigenvalue weighted by molar-refractivity contribution is -0.249. The Bertz CT molecular complexity index is 149. The minimum Gasteiger partial charge on any atom is -0.363 e. The van der Waals surface area contributed by atoms with Crippen molar-refractivity contribution in [2.75, 3.05) is 20.1 Å². The van der Waals surface area contributed by atoms with Gasteiger partial charge in [-0.3, -0.25) is 0 Å². The van der Waals surface area contributed by atoms with E-state index < -0.39 is 12.3 Å². The summed E-state index contributed by atoms with van der Waals surface area (Å²) in [7, 11) is 1.66. The van der Waals surface area contributed by atoms with Crippen LogP contribution < -0.4 is 0 Å². The highest BCUT2D eigenvalue weighted by molar-refractivity contribution is 4.78. The third-order valence-corrected chi connectivity index (χ3v) is 1.81. The van der Waals surface area contributed by atoms with E-state index in [0.29, 0.717) is 6.54 Å². The maximum absolute atomic E-state index is 12.1. The van der Waals surface area contributed by atoms with E-state index in [4.69, 9.17) is 4.74 Å². The van der Waals surface area contributed by atoms with E-state index in [1.165, 1.54) is 0 Å². The molecule has 0 spiro atoms. The number of nitrogens with zero attached hydrogens (tertiary/aromatic N) is 1. The van der Waals surface area contributed by atoms with Crippen LogP contribution in [0.25, 0.3) is 0 Å². The first-order valence-electron chi connectivity index (χ1n) is 3.80. The van der Waals surface area contributed by atoms with Gasteiger partial charge in [0, 0.05) is 13.1 Å². The van der Waals surface area contributed by atoms with Crippen molar-refractivity contribution in [3.05, 3.63) is 0 Å². The molecule has 72 valence electrons. The lowest BCUT2D eigenvalue weighted by Gasteiger charge is -2.35. The summed E-state index contributed by atoms with van der Waals surface area (Å²) in [6, 6.07) is 0. The van der Waals surface area contributed by atoms with Gasteiger partial charge < -0.3 is 9.64 Å². The summed E-state index contributed by atoms with van der Waals surface area (Å²) >= 11 is 0. The summed E-state index contributed by atoms with van der Waals surface area (Å²) in [5.74, 6) is 0. The van der Waals surface area contributed by atoms with E-state index >= 15 is 0 Å². The number of hydrogen-bond donors (Lipinski definition) is 0. The first kappa shape index (κ1) is 9.80. The molecule has 2 nitrogen and oxygen atoms in total. The summed E-state index contributed by atoms with van der Waals surface area (Å²) in [4.78, 5) is 1.63. The van der Waals surface area contributed by atoms with Gasteiger partial charge in [-0.1, -0.05) is 0 Å². The summed E-state index contributed by atoms with van der Waals surface area (Å²) in [6.07, 6.45) is -6.19. The number of morpholine rings is 1. The van der Waals surface area contributed by atoms with E-state index in [9.17, 15) is 13.2 Å². The van der Waals surface area contributed by atoms with Crippen LogP contribution in [-0.2, 0) is 4.74 Å². The van der Waals surface area contributed by atoms with Crippen LogP contribution in [0.2, 0.25) is 0 Å². The standard InChI is InChI=1S/C7H12F3NO/c1-5-3-11(2)4-6(12-5)7(8,9)10/h5-6H,3-4H2,1-2H3. The highest BCUT2D eigenvalue weighted by Gasteiger charge is 2.44. The predicted molar refractivity (Wildman–Crippen MR) is 37.9 cm³/mol. The second-order valence-electron chi connectivity index (χ2n) is 3.20. The van der Waals surface area contributed by atoms with Gasteiger partial charge in [0.25, 0.3) is 0 Å². The number of likely N-dealkylation sites (N-methyl/N-ethyl adjacent to an activating group) is 1. The van der Waals surface area contributed by atoms with Crippen LogP contribution in [0.3, 0.4) is 0 Å². The summed E-state index contributed by atoms with van der Waals surface area (Å²) in [5, 5.41) is 0. The molecule has 12 heavy (non-hydrogen) atoms. The molecular formula is C7H12F3NO. The van der Waals surface area contributed by atoms with Crippen LogP contribution in [0.1, 0.15) is 6.92 Å². The Labute approximate surface area is 69.3 Å². The zero-order chi connectivity index (χ0) is 9.35. The largest absolute Gasteiger partial charge is 0.415 e. The third kappa shape index (κ3) is 2.35. The molecule has 2 atom stereocenters. The molecule has 1 fully saturated rings. The van der Waals surface area contributed by atoms with Crippen LogP contribution in [0.15, 0.2) is 0 Å². The van der Waals surface area contributed by atoms with Crippen molar-refractivity contribution in [2.24, 2.45) is 0 Å². The van der Waals surface area contributed by atoms with Crippen LogP contribution in [0.5, 0.6) is 0 Å². The van der Waals surface area contributed by atoms with Crippen molar-refractivity contribution >= 4 is 0 Å². The molecule has 0 aromatic rings. The molecule has 1 saturated heterocycles. The van der Waals surface area contributed by atoms with Gasteiger partial charge in [0.05, 0.1) is 6.10 Å². The molecule has 5 heteroatoms. The molecule has 0 amide bonds. The van der Waals surface area contributed by atoms with Gasteiger partial charge in [-0.05, 0) is 14.0 Å². The zero-order valence-electron chi connectivity index (χ0n) is 7.06. The SMILES string of the molecule is CC1CN(C)CC(C(F)(F)F)O1. The summed E-state index contributed by atoms with van der Waals surface area (Å²) in [6.45, 7) is 2.15. The number of ether oxygens (including phenoxy) is 1. The fourth-order valence-electron chi connectivity index (χ4n) is 1.34. The van der Waals surface area contributed by atoms with E-state index in [1.54, 1.807) is 18.9 Å². The minimum atomic E-state index is -4.23. The van der Waals surface area contributed by atoms with Crippen LogP contribution in [-0.4, -0.2) is 43.4 Å². The molecule has 2 unspecified atom stereocenters. The third-order valence-electron chi connectivity index (χ3n) is 1.81. The normalized spacial score (nSPS) is 33.8. The fourth-order valence-corrected chi connectivity index (χ4v) is 1.34. The van der Waals surface area contributed by atoms with E-state index in [0.717, 1.165) is 0 Å². The Kier molecular flexibility index (Phi) is 2.63. The van der Waals surface area contributed by atoms with Gasteiger partial charge in [-0.25, -0.2) is 0 Å². The van der Waals surface area contributed by atoms with Gasteiger partial charge in [-0.2, -0.15) is 13.2 Å². The Balaban J connectivity index is 2.55. The minimum absolute atomic E-state index is 0.0617. The molecule has 1 aliphatic rings. The van der Waals surface area contributed by atoms with Crippen LogP contribution in [0, 0.1) is 0 Å². The molecule has 0 radical (unpaired) electrons. The van der Waals surface area contributed by atoms with E-state index in [1.807, 2.05) is 0 Å². The maximum Gasteiger partial charge on any atom is 0.415 e. The zero-order valence-corrected chi connectivity index (χ0v) is 7.06. The van der Waals surface area contributed by atoms with Crippen molar-refractivity contribution in [2.45, 2.75) is 25.3 Å². The van der Waals surface area contributed by atoms with E-state index in [-0.39, 0.29) is 12.6 Å². The monoisotopic (exact) mass is 183 g/mol. The molecule has 1 rings (SSSR count). The second kappa shape index (κ2) is 3.22. The first-order chi connectivity index (χ1) is 5.39. The topological polar surface area (TPSA) is 12.5 Å². The molecule has 0 bridgehead atoms. The molecule has 0 aliphatic carbocycles. The second-order valence-corrected chi connectivity index (χ2v) is 3.20. The van der Waals surface area contributed by atoms with Gasteiger partial charge in [0.15, 0.2) is 6.10 Å². The van der Waals surface area contributed by atoms with E-state index in [2.05, 4.69) is 0 Å². The smallest absolute Gasteiger partial charge is 0.363 e. The Morgan fingerprint density at radius 3 is 2.33 bits per heavy atom. The highest BCUT2D eigenvalue weighted by atomic mass is 19.4. The Morgan fingerprint density at radius 1 is 1.33 bits per heavy atom. The summed E-state index contributed by atoms with van der Waals surface area (Å²) in [5.41, 5.74) is 0. The Morgan fingerprint density at radius 2 is 1.92 bits per heavy atom. The average molecular weight is 183 g/mol. The molecule has 0 aromatic carbocycles. The number of alkyl halides is 3. The van der Waals surface area contributed by atoms with Crippen molar-refractivity contribution in [3.63, 3.8) is 0 Å². The van der Waals surface area contributed by atoms with Crippen LogP contribution in [0.4, 0.5) is 13.2 Å². The fraction of sp³-hybridized carbons (Fsp3) is 1.00. The Hall–Kier alpha value is -0.290. The molecular weight excluding hydrogens is 171 g/mol. The molecule has 1 heterocycles. The number of hydrogen-bond acceptors (Lipinski definition) is 2. The quantitative estimate of drug-likeness (QED) is 0.560. The molecule has 1 aliphatic heterocycles. The van der Waals surface area contributed by atoms with Gasteiger partial charge in [0.2, 0.25) is 0 Å². The molecule has 0 saturated carbocycles. The maximum atomic E-state index is 12.1. The molecule has 0 N–H and O–H groups in total. The van der Waals surface area contributed by atoms with Crippen molar-refractivity contribution < 1.29 is 17.9 Å². The van der Waals surface area contributed by atoms with Crippen molar-refractivity contribution in [3.8, 4) is 0 Å². The summed E-state index contributed by atoms with van der Waals surface area (Å²) < 4.78 is 41.2. The first-order valence-corrected chi connectivity index (χ1v) is 3.80.